The van der Waals surface area contributed by atoms with Crippen LogP contribution in [-0.2, 0) is 0 Å². The summed E-state index contributed by atoms with van der Waals surface area (Å²) in [6.07, 6.45) is 1.71. The number of anilines is 1. The third-order valence-corrected chi connectivity index (χ3v) is 2.29. The molecule has 0 saturated carbocycles. The molecule has 0 aliphatic carbocycles. The lowest BCUT2D eigenvalue weighted by Crippen LogP contribution is -2.20. The van der Waals surface area contributed by atoms with Gasteiger partial charge in [0.2, 0.25) is 0 Å². The Balaban J connectivity index is 2.59. The zero-order valence-corrected chi connectivity index (χ0v) is 8.47. The first kappa shape index (κ1) is 9.52. The molecule has 0 bridgehead atoms. The van der Waals surface area contributed by atoms with E-state index < -0.39 is 0 Å². The summed E-state index contributed by atoms with van der Waals surface area (Å²) >= 11 is 0. The fourth-order valence-corrected chi connectivity index (χ4v) is 1.42. The van der Waals surface area contributed by atoms with Crippen molar-refractivity contribution < 1.29 is 0 Å². The van der Waals surface area contributed by atoms with Crippen molar-refractivity contribution in [2.24, 2.45) is 0 Å². The summed E-state index contributed by atoms with van der Waals surface area (Å²) in [6.45, 7) is 2.01. The number of hydrogen-bond donors (Lipinski definition) is 1. The lowest BCUT2D eigenvalue weighted by Gasteiger charge is -2.06. The molecule has 2 rings (SSSR count). The van der Waals surface area contributed by atoms with Gasteiger partial charge in [0, 0.05) is 11.9 Å². The van der Waals surface area contributed by atoms with Gasteiger partial charge in [-0.25, -0.2) is 0 Å². The summed E-state index contributed by atoms with van der Waals surface area (Å²) in [7, 11) is 0. The highest BCUT2D eigenvalue weighted by Gasteiger charge is 2.00. The van der Waals surface area contributed by atoms with Crippen LogP contribution in [0.15, 0.2) is 47.4 Å². The smallest absolute Gasteiger partial charge is 0.278 e. The van der Waals surface area contributed by atoms with Crippen molar-refractivity contribution in [1.82, 2.24) is 4.57 Å². The van der Waals surface area contributed by atoms with Crippen molar-refractivity contribution >= 4 is 5.69 Å². The highest BCUT2D eigenvalue weighted by molar-refractivity contribution is 5.40. The molecule has 0 spiro atoms. The third-order valence-electron chi connectivity index (χ3n) is 2.29. The second-order valence-corrected chi connectivity index (χ2v) is 3.47. The number of hydrogen-bond acceptors (Lipinski definition) is 2. The van der Waals surface area contributed by atoms with E-state index in [2.05, 4.69) is 0 Å². The number of aromatic nitrogens is 1. The van der Waals surface area contributed by atoms with E-state index in [1.165, 1.54) is 4.57 Å². The monoisotopic (exact) mass is 200 g/mol. The molecule has 2 aromatic rings. The van der Waals surface area contributed by atoms with Crippen LogP contribution in [0.3, 0.4) is 0 Å². The molecule has 0 unspecified atom stereocenters. The van der Waals surface area contributed by atoms with E-state index in [9.17, 15) is 4.79 Å². The van der Waals surface area contributed by atoms with E-state index in [1.54, 1.807) is 18.3 Å². The quantitative estimate of drug-likeness (QED) is 0.762. The molecule has 1 heterocycles. The average molecular weight is 200 g/mol. The van der Waals surface area contributed by atoms with E-state index >= 15 is 0 Å². The minimum Gasteiger partial charge on any atom is -0.394 e. The normalized spacial score (nSPS) is 10.2. The van der Waals surface area contributed by atoms with Gasteiger partial charge in [0.25, 0.3) is 5.56 Å². The predicted octanol–water partition coefficient (Wildman–Crippen LogP) is 1.73. The maximum absolute atomic E-state index is 11.7. The predicted molar refractivity (Wildman–Crippen MR) is 61.2 cm³/mol. The Bertz CT molecular complexity index is 526. The molecule has 1 aromatic heterocycles. The minimum atomic E-state index is -0.179. The standard InChI is InChI=1S/C12H12N2O/c1-9-4-6-10(7-5-9)14-8-2-3-11(13)12(14)15/h2-8H,13H2,1H3. The van der Waals surface area contributed by atoms with Gasteiger partial charge in [0.1, 0.15) is 0 Å². The molecule has 3 heteroatoms. The number of nitrogen functional groups attached to an aromatic ring is 1. The number of pyridine rings is 1. The second kappa shape index (κ2) is 3.61. The number of aryl methyl sites for hydroxylation is 1. The zero-order chi connectivity index (χ0) is 10.8. The summed E-state index contributed by atoms with van der Waals surface area (Å²) in [4.78, 5) is 11.7. The van der Waals surface area contributed by atoms with Crippen LogP contribution in [0.4, 0.5) is 5.69 Å². The second-order valence-electron chi connectivity index (χ2n) is 3.47. The SMILES string of the molecule is Cc1ccc(-n2cccc(N)c2=O)cc1. The molecule has 0 radical (unpaired) electrons. The van der Waals surface area contributed by atoms with E-state index in [1.807, 2.05) is 31.2 Å². The molecule has 0 amide bonds. The van der Waals surface area contributed by atoms with Gasteiger partial charge < -0.3 is 5.73 Å². The van der Waals surface area contributed by atoms with Crippen molar-refractivity contribution in [2.45, 2.75) is 6.92 Å². The molecule has 15 heavy (non-hydrogen) atoms. The highest BCUT2D eigenvalue weighted by atomic mass is 16.1. The van der Waals surface area contributed by atoms with Crippen LogP contribution >= 0.6 is 0 Å². The van der Waals surface area contributed by atoms with E-state index in [4.69, 9.17) is 5.73 Å². The van der Waals surface area contributed by atoms with Crippen LogP contribution in [0.2, 0.25) is 0 Å². The van der Waals surface area contributed by atoms with Gasteiger partial charge in [-0.3, -0.25) is 9.36 Å². The fourth-order valence-electron chi connectivity index (χ4n) is 1.42. The Labute approximate surface area is 87.8 Å². The first-order chi connectivity index (χ1) is 7.18. The molecule has 3 nitrogen and oxygen atoms in total. The number of benzene rings is 1. The summed E-state index contributed by atoms with van der Waals surface area (Å²) in [5.74, 6) is 0. The number of nitrogens with two attached hydrogens (primary N) is 1. The summed E-state index contributed by atoms with van der Waals surface area (Å²) in [5.41, 5.74) is 7.63. The lowest BCUT2D eigenvalue weighted by atomic mass is 10.2. The Morgan fingerprint density at radius 3 is 2.47 bits per heavy atom. The van der Waals surface area contributed by atoms with Gasteiger partial charge in [-0.15, -0.1) is 0 Å². The molecule has 0 fully saturated rings. The van der Waals surface area contributed by atoms with Crippen molar-refractivity contribution in [3.8, 4) is 5.69 Å². The third kappa shape index (κ3) is 1.76. The Kier molecular flexibility index (Phi) is 2.29. The minimum absolute atomic E-state index is 0.179. The highest BCUT2D eigenvalue weighted by Crippen LogP contribution is 2.07. The fraction of sp³-hybridized carbons (Fsp3) is 0.0833. The number of rotatable bonds is 1. The Morgan fingerprint density at radius 2 is 1.80 bits per heavy atom. The zero-order valence-electron chi connectivity index (χ0n) is 8.47. The summed E-state index contributed by atoms with van der Waals surface area (Å²) in [6, 6.07) is 11.1. The van der Waals surface area contributed by atoms with Gasteiger partial charge in [0.05, 0.1) is 5.69 Å². The Morgan fingerprint density at radius 1 is 1.13 bits per heavy atom. The molecule has 2 N–H and O–H groups in total. The van der Waals surface area contributed by atoms with Crippen LogP contribution in [0.5, 0.6) is 0 Å². The van der Waals surface area contributed by atoms with E-state index in [-0.39, 0.29) is 11.2 Å². The van der Waals surface area contributed by atoms with Gasteiger partial charge in [-0.05, 0) is 31.2 Å². The lowest BCUT2D eigenvalue weighted by molar-refractivity contribution is 0.994. The first-order valence-corrected chi connectivity index (χ1v) is 4.72. The van der Waals surface area contributed by atoms with Crippen molar-refractivity contribution in [3.05, 3.63) is 58.5 Å². The topological polar surface area (TPSA) is 48.0 Å². The molecule has 76 valence electrons. The molecule has 0 aliphatic heterocycles. The molecule has 0 saturated heterocycles. The molecule has 0 atom stereocenters. The van der Waals surface area contributed by atoms with Gasteiger partial charge >= 0.3 is 0 Å². The molecular formula is C12H12N2O. The van der Waals surface area contributed by atoms with Crippen LogP contribution in [0.25, 0.3) is 5.69 Å². The van der Waals surface area contributed by atoms with Crippen LogP contribution in [0, 0.1) is 6.92 Å². The van der Waals surface area contributed by atoms with Gasteiger partial charge in [0.15, 0.2) is 0 Å². The maximum atomic E-state index is 11.7. The van der Waals surface area contributed by atoms with Crippen molar-refractivity contribution in [1.29, 1.82) is 0 Å². The van der Waals surface area contributed by atoms with E-state index in [0.717, 1.165) is 11.3 Å². The van der Waals surface area contributed by atoms with Gasteiger partial charge in [-0.1, -0.05) is 17.7 Å². The maximum Gasteiger partial charge on any atom is 0.278 e. The first-order valence-electron chi connectivity index (χ1n) is 4.72. The van der Waals surface area contributed by atoms with Gasteiger partial charge in [-0.2, -0.15) is 0 Å². The van der Waals surface area contributed by atoms with Crippen molar-refractivity contribution in [3.63, 3.8) is 0 Å². The Hall–Kier alpha value is -2.03. The van der Waals surface area contributed by atoms with Crippen LogP contribution in [0.1, 0.15) is 5.56 Å². The molecule has 1 aromatic carbocycles. The molecule has 0 aliphatic rings. The van der Waals surface area contributed by atoms with Crippen LogP contribution in [-0.4, -0.2) is 4.57 Å². The summed E-state index contributed by atoms with van der Waals surface area (Å²) < 4.78 is 1.54. The molecular weight excluding hydrogens is 188 g/mol. The van der Waals surface area contributed by atoms with E-state index in [0.29, 0.717) is 0 Å². The van der Waals surface area contributed by atoms with Crippen LogP contribution < -0.4 is 11.3 Å². The summed E-state index contributed by atoms with van der Waals surface area (Å²) in [5, 5.41) is 0. The largest absolute Gasteiger partial charge is 0.394 e. The average Bonchev–Trinajstić information content (AvgIpc) is 2.24. The number of nitrogens with zero attached hydrogens (tertiary/aromatic N) is 1. The van der Waals surface area contributed by atoms with Crippen molar-refractivity contribution in [2.75, 3.05) is 5.73 Å².